The van der Waals surface area contributed by atoms with Crippen LogP contribution in [0.4, 0.5) is 0 Å². The summed E-state index contributed by atoms with van der Waals surface area (Å²) in [5.74, 6) is -5.02. The van der Waals surface area contributed by atoms with Gasteiger partial charge in [0.25, 0.3) is 0 Å². The Morgan fingerprint density at radius 1 is 0.878 bits per heavy atom. The minimum Gasteiger partial charge on any atom is -0.481 e. The van der Waals surface area contributed by atoms with E-state index in [-0.39, 0.29) is 0 Å². The number of carboxylic acid groups (broad SMARTS) is 3. The summed E-state index contributed by atoms with van der Waals surface area (Å²) in [6.45, 7) is 7.85. The molecular weight excluding hydrogens is 548 g/mol. The van der Waals surface area contributed by atoms with E-state index in [1.54, 1.807) is 11.8 Å². The maximum Gasteiger partial charge on any atom is 0.336 e. The normalized spacial score (nSPS) is 11.6. The molecule has 220 valence electrons. The highest BCUT2D eigenvalue weighted by Gasteiger charge is 2.40. The molecule has 0 aliphatic rings. The van der Waals surface area contributed by atoms with Crippen LogP contribution in [0.2, 0.25) is 0 Å². The monoisotopic (exact) mass is 584 g/mol. The molecule has 0 atom stereocenters. The van der Waals surface area contributed by atoms with Crippen LogP contribution < -0.4 is 0 Å². The molecular formula is C30H36N2O8S. The minimum absolute atomic E-state index is 0.582. The molecule has 0 amide bonds. The van der Waals surface area contributed by atoms with E-state index in [0.717, 1.165) is 36.5 Å². The molecule has 3 aromatic rings. The highest BCUT2D eigenvalue weighted by atomic mass is 32.2. The number of nitrogens with zero attached hydrogens (tertiary/aromatic N) is 2. The lowest BCUT2D eigenvalue weighted by Gasteiger charge is -2.18. The van der Waals surface area contributed by atoms with Gasteiger partial charge in [0.2, 0.25) is 0 Å². The number of thioether (sulfide) groups is 1. The van der Waals surface area contributed by atoms with Gasteiger partial charge in [0.05, 0.1) is 12.8 Å². The SMILES string of the molecule is CCN(CC)CCO/N=C(\c1ccc(SC)cc1)c1cccc2ccccc12.O=C(O)CC(O)(CC(=O)O)C(=O)O. The Labute approximate surface area is 243 Å². The summed E-state index contributed by atoms with van der Waals surface area (Å²) in [6.07, 6.45) is -0.200. The van der Waals surface area contributed by atoms with Gasteiger partial charge in [0.1, 0.15) is 12.3 Å². The second kappa shape index (κ2) is 16.4. The number of carbonyl (C=O) groups is 3. The minimum atomic E-state index is -2.74. The quantitative estimate of drug-likeness (QED) is 0.0925. The number of fused-ring (bicyclic) bond motifs is 1. The zero-order valence-corrected chi connectivity index (χ0v) is 24.1. The molecule has 3 aromatic carbocycles. The lowest BCUT2D eigenvalue weighted by molar-refractivity contribution is -0.170. The van der Waals surface area contributed by atoms with Crippen LogP contribution >= 0.6 is 11.8 Å². The Hall–Kier alpha value is -3.93. The molecule has 0 heterocycles. The average molecular weight is 585 g/mol. The number of aliphatic carboxylic acids is 3. The molecule has 41 heavy (non-hydrogen) atoms. The van der Waals surface area contributed by atoms with Gasteiger partial charge in [-0.05, 0) is 42.3 Å². The fourth-order valence-corrected chi connectivity index (χ4v) is 4.38. The first-order valence-corrected chi connectivity index (χ1v) is 14.2. The van der Waals surface area contributed by atoms with E-state index in [4.69, 9.17) is 25.3 Å². The zero-order chi connectivity index (χ0) is 30.4. The number of likely N-dealkylation sites (N-methyl/N-ethyl adjacent to an activating group) is 1. The summed E-state index contributed by atoms with van der Waals surface area (Å²) < 4.78 is 0. The Kier molecular flexibility index (Phi) is 13.3. The summed E-state index contributed by atoms with van der Waals surface area (Å²) in [5.41, 5.74) is 0.302. The van der Waals surface area contributed by atoms with Crippen molar-refractivity contribution in [1.82, 2.24) is 4.90 Å². The van der Waals surface area contributed by atoms with Crippen molar-refractivity contribution in [3.05, 3.63) is 77.9 Å². The van der Waals surface area contributed by atoms with Crippen molar-refractivity contribution in [2.45, 2.75) is 37.2 Å². The van der Waals surface area contributed by atoms with E-state index in [1.165, 1.54) is 15.7 Å². The van der Waals surface area contributed by atoms with Crippen LogP contribution in [0.1, 0.15) is 37.8 Å². The van der Waals surface area contributed by atoms with Crippen LogP contribution in [0.15, 0.2) is 76.8 Å². The van der Waals surface area contributed by atoms with Crippen LogP contribution in [-0.4, -0.2) is 87.0 Å². The van der Waals surface area contributed by atoms with Crippen molar-refractivity contribution in [1.29, 1.82) is 0 Å². The first kappa shape index (κ1) is 33.3. The van der Waals surface area contributed by atoms with Gasteiger partial charge < -0.3 is 30.2 Å². The molecule has 0 aliphatic heterocycles. The molecule has 10 nitrogen and oxygen atoms in total. The molecule has 4 N–H and O–H groups in total. The van der Waals surface area contributed by atoms with Gasteiger partial charge in [-0.25, -0.2) is 4.79 Å². The van der Waals surface area contributed by atoms with Gasteiger partial charge >= 0.3 is 17.9 Å². The van der Waals surface area contributed by atoms with Gasteiger partial charge in [-0.15, -0.1) is 11.8 Å². The predicted octanol–water partition coefficient (Wildman–Crippen LogP) is 4.42. The molecule has 11 heteroatoms. The lowest BCUT2D eigenvalue weighted by Crippen LogP contribution is -2.42. The fraction of sp³-hybridized carbons (Fsp3) is 0.333. The van der Waals surface area contributed by atoms with Crippen molar-refractivity contribution < 1.29 is 39.6 Å². The third-order valence-electron chi connectivity index (χ3n) is 6.24. The summed E-state index contributed by atoms with van der Waals surface area (Å²) >= 11 is 1.74. The van der Waals surface area contributed by atoms with E-state index in [2.05, 4.69) is 96.9 Å². The summed E-state index contributed by atoms with van der Waals surface area (Å²) in [6, 6.07) is 23.3. The van der Waals surface area contributed by atoms with Crippen LogP contribution in [0.25, 0.3) is 10.8 Å². The second-order valence-electron chi connectivity index (χ2n) is 9.03. The zero-order valence-electron chi connectivity index (χ0n) is 23.3. The number of benzene rings is 3. The molecule has 0 fully saturated rings. The highest BCUT2D eigenvalue weighted by molar-refractivity contribution is 7.98. The maximum atomic E-state index is 10.3. The van der Waals surface area contributed by atoms with Gasteiger partial charge in [0, 0.05) is 22.6 Å². The van der Waals surface area contributed by atoms with Crippen molar-refractivity contribution >= 4 is 46.2 Å². The number of hydrogen-bond donors (Lipinski definition) is 4. The molecule has 0 spiro atoms. The molecule has 0 aliphatic carbocycles. The standard InChI is InChI=1S/C24H28N2OS.C6H8O7/c1-4-26(5-2)17-18-27-25-24(20-13-15-21(28-3)16-14-20)23-12-8-10-19-9-6-7-11-22(19)23;7-3(8)1-6(13,5(11)12)2-4(9)10/h6-16H,4-5,17-18H2,1-3H3;13H,1-2H2,(H,7,8)(H,9,10)(H,11,12)/b25-24+;. The van der Waals surface area contributed by atoms with Gasteiger partial charge in [-0.1, -0.05) is 73.6 Å². The van der Waals surface area contributed by atoms with Crippen molar-refractivity contribution in [2.75, 3.05) is 32.5 Å². The molecule has 0 radical (unpaired) electrons. The van der Waals surface area contributed by atoms with E-state index < -0.39 is 36.4 Å². The van der Waals surface area contributed by atoms with Gasteiger partial charge in [-0.2, -0.15) is 0 Å². The summed E-state index contributed by atoms with van der Waals surface area (Å²) in [4.78, 5) is 39.8. The number of oxime groups is 1. The number of carboxylic acids is 3. The summed E-state index contributed by atoms with van der Waals surface area (Å²) in [7, 11) is 0. The van der Waals surface area contributed by atoms with Crippen molar-refractivity contribution in [3.8, 4) is 0 Å². The van der Waals surface area contributed by atoms with Crippen molar-refractivity contribution in [3.63, 3.8) is 0 Å². The van der Waals surface area contributed by atoms with E-state index in [1.807, 2.05) is 0 Å². The van der Waals surface area contributed by atoms with E-state index >= 15 is 0 Å². The molecule has 0 aromatic heterocycles. The first-order valence-electron chi connectivity index (χ1n) is 13.0. The topological polar surface area (TPSA) is 157 Å². The molecule has 3 rings (SSSR count). The van der Waals surface area contributed by atoms with Crippen molar-refractivity contribution in [2.24, 2.45) is 5.16 Å². The largest absolute Gasteiger partial charge is 0.481 e. The third kappa shape index (κ3) is 10.2. The van der Waals surface area contributed by atoms with Gasteiger partial charge in [0.15, 0.2) is 5.60 Å². The van der Waals surface area contributed by atoms with E-state index in [9.17, 15) is 14.4 Å². The van der Waals surface area contributed by atoms with Gasteiger partial charge in [-0.3, -0.25) is 9.59 Å². The fourth-order valence-electron chi connectivity index (χ4n) is 3.97. The lowest BCUT2D eigenvalue weighted by atomic mass is 9.96. The molecule has 0 saturated carbocycles. The van der Waals surface area contributed by atoms with Crippen LogP contribution in [-0.2, 0) is 19.2 Å². The van der Waals surface area contributed by atoms with Crippen LogP contribution in [0.5, 0.6) is 0 Å². The third-order valence-corrected chi connectivity index (χ3v) is 6.99. The Bertz CT molecular complexity index is 1320. The number of rotatable bonds is 14. The Morgan fingerprint density at radius 2 is 1.46 bits per heavy atom. The Morgan fingerprint density at radius 3 is 2.00 bits per heavy atom. The highest BCUT2D eigenvalue weighted by Crippen LogP contribution is 2.24. The number of aliphatic hydroxyl groups is 1. The average Bonchev–Trinajstić information content (AvgIpc) is 2.94. The first-order chi connectivity index (χ1) is 19.5. The molecule has 0 unspecified atom stereocenters. The summed E-state index contributed by atoms with van der Waals surface area (Å²) in [5, 5.41) is 40.8. The smallest absolute Gasteiger partial charge is 0.336 e. The molecule has 0 saturated heterocycles. The molecule has 0 bridgehead atoms. The maximum absolute atomic E-state index is 10.3. The Balaban J connectivity index is 0.000000383. The van der Waals surface area contributed by atoms with E-state index in [0.29, 0.717) is 6.61 Å². The number of hydrogen-bond acceptors (Lipinski definition) is 8. The van der Waals surface area contributed by atoms with Crippen LogP contribution in [0.3, 0.4) is 0 Å². The predicted molar refractivity (Wildman–Crippen MR) is 159 cm³/mol. The second-order valence-corrected chi connectivity index (χ2v) is 9.91. The van der Waals surface area contributed by atoms with Crippen LogP contribution in [0, 0.1) is 0 Å².